The summed E-state index contributed by atoms with van der Waals surface area (Å²) in [5, 5.41) is 9.36. The molecule has 1 saturated heterocycles. The quantitative estimate of drug-likeness (QED) is 0.820. The van der Waals surface area contributed by atoms with E-state index in [4.69, 9.17) is 0 Å². The van der Waals surface area contributed by atoms with Crippen molar-refractivity contribution in [2.45, 2.75) is 51.6 Å². The van der Waals surface area contributed by atoms with Crippen LogP contribution < -0.4 is 0 Å². The molecule has 0 aromatic carbocycles. The van der Waals surface area contributed by atoms with Crippen LogP contribution in [0.25, 0.3) is 0 Å². The minimum Gasteiger partial charge on any atom is -0.480 e. The number of nitrogens with zero attached hydrogens (tertiary/aromatic N) is 2. The Hall–Kier alpha value is -1.10. The molecule has 5 heteroatoms. The summed E-state index contributed by atoms with van der Waals surface area (Å²) < 4.78 is 0. The number of likely N-dealkylation sites (tertiary alicyclic amines) is 1. The molecular formula is C13H24N2O3. The molecule has 1 fully saturated rings. The van der Waals surface area contributed by atoms with Crippen LogP contribution in [0.4, 0.5) is 0 Å². The van der Waals surface area contributed by atoms with Gasteiger partial charge in [0.15, 0.2) is 0 Å². The number of piperidine rings is 1. The van der Waals surface area contributed by atoms with Crippen LogP contribution in [-0.2, 0) is 9.59 Å². The fraction of sp³-hybridized carbons (Fsp3) is 0.846. The fourth-order valence-corrected chi connectivity index (χ4v) is 2.24. The van der Waals surface area contributed by atoms with E-state index in [0.717, 1.165) is 12.8 Å². The summed E-state index contributed by atoms with van der Waals surface area (Å²) in [6, 6.07) is 0.137. The molecule has 1 rings (SSSR count). The molecule has 18 heavy (non-hydrogen) atoms. The molecule has 5 nitrogen and oxygen atoms in total. The average molecular weight is 256 g/mol. The highest BCUT2D eigenvalue weighted by molar-refractivity contribution is 5.82. The molecule has 0 spiro atoms. The van der Waals surface area contributed by atoms with Crippen molar-refractivity contribution in [2.24, 2.45) is 0 Å². The molecule has 1 N–H and O–H groups in total. The molecule has 0 aliphatic carbocycles. The first-order valence-corrected chi connectivity index (χ1v) is 6.53. The van der Waals surface area contributed by atoms with Gasteiger partial charge in [-0.1, -0.05) is 0 Å². The maximum atomic E-state index is 12.1. The molecule has 1 amide bonds. The molecule has 0 aromatic rings. The average Bonchev–Trinajstić information content (AvgIpc) is 2.30. The minimum absolute atomic E-state index is 0.0145. The lowest BCUT2D eigenvalue weighted by atomic mass is 9.88. The van der Waals surface area contributed by atoms with Crippen molar-refractivity contribution in [1.82, 2.24) is 9.80 Å². The maximum absolute atomic E-state index is 12.1. The molecule has 104 valence electrons. The Morgan fingerprint density at radius 1 is 1.39 bits per heavy atom. The van der Waals surface area contributed by atoms with E-state index in [1.807, 2.05) is 13.8 Å². The van der Waals surface area contributed by atoms with Crippen LogP contribution in [0.3, 0.4) is 0 Å². The van der Waals surface area contributed by atoms with E-state index >= 15 is 0 Å². The number of amides is 1. The molecule has 1 unspecified atom stereocenters. The number of hydrogen-bond donors (Lipinski definition) is 1. The van der Waals surface area contributed by atoms with Gasteiger partial charge >= 0.3 is 5.97 Å². The third-order valence-electron chi connectivity index (χ3n) is 3.99. The Bertz CT molecular complexity index is 330. The largest absolute Gasteiger partial charge is 0.480 e. The van der Waals surface area contributed by atoms with Crippen LogP contribution in [0.5, 0.6) is 0 Å². The number of carbonyl (C=O) groups is 2. The van der Waals surface area contributed by atoms with Crippen molar-refractivity contribution >= 4 is 11.9 Å². The smallest absolute Gasteiger partial charge is 0.323 e. The van der Waals surface area contributed by atoms with Gasteiger partial charge in [0, 0.05) is 13.1 Å². The highest BCUT2D eigenvalue weighted by Gasteiger charge is 2.42. The molecule has 1 heterocycles. The molecular weight excluding hydrogens is 232 g/mol. The first-order valence-electron chi connectivity index (χ1n) is 6.53. The Kier molecular flexibility index (Phi) is 4.73. The predicted octanol–water partition coefficient (Wildman–Crippen LogP) is 1.18. The Morgan fingerprint density at radius 3 is 2.50 bits per heavy atom. The standard InChI is InChI=1S/C13H24N2O3/c1-10(2)14(4)11(16)9-15-8-6-5-7-13(15,3)12(17)18/h10H,5-9H2,1-4H3,(H,17,18). The second-order valence-electron chi connectivity index (χ2n) is 5.56. The van der Waals surface area contributed by atoms with Crippen molar-refractivity contribution in [3.05, 3.63) is 0 Å². The number of hydrogen-bond acceptors (Lipinski definition) is 3. The SMILES string of the molecule is CC(C)N(C)C(=O)CN1CCCCC1(C)C(=O)O. The summed E-state index contributed by atoms with van der Waals surface area (Å²) in [7, 11) is 1.76. The normalized spacial score (nSPS) is 25.2. The van der Waals surface area contributed by atoms with E-state index in [-0.39, 0.29) is 18.5 Å². The van der Waals surface area contributed by atoms with Crippen LogP contribution in [0, 0.1) is 0 Å². The van der Waals surface area contributed by atoms with E-state index in [1.165, 1.54) is 0 Å². The number of carboxylic acid groups (broad SMARTS) is 1. The van der Waals surface area contributed by atoms with E-state index in [2.05, 4.69) is 0 Å². The molecule has 0 bridgehead atoms. The zero-order valence-corrected chi connectivity index (χ0v) is 11.8. The highest BCUT2D eigenvalue weighted by atomic mass is 16.4. The number of rotatable bonds is 4. The lowest BCUT2D eigenvalue weighted by Gasteiger charge is -2.41. The van der Waals surface area contributed by atoms with Gasteiger partial charge in [-0.05, 0) is 46.6 Å². The highest BCUT2D eigenvalue weighted by Crippen LogP contribution is 2.28. The van der Waals surface area contributed by atoms with Crippen molar-refractivity contribution in [1.29, 1.82) is 0 Å². The lowest BCUT2D eigenvalue weighted by Crippen LogP contribution is -2.58. The second-order valence-corrected chi connectivity index (χ2v) is 5.56. The van der Waals surface area contributed by atoms with Gasteiger partial charge in [-0.25, -0.2) is 0 Å². The van der Waals surface area contributed by atoms with Gasteiger partial charge in [-0.2, -0.15) is 0 Å². The van der Waals surface area contributed by atoms with Gasteiger partial charge in [0.2, 0.25) is 5.91 Å². The molecule has 0 aromatic heterocycles. The van der Waals surface area contributed by atoms with Crippen molar-refractivity contribution < 1.29 is 14.7 Å². The molecule has 0 saturated carbocycles. The lowest BCUT2D eigenvalue weighted by molar-refractivity contribution is -0.154. The third-order valence-corrected chi connectivity index (χ3v) is 3.99. The summed E-state index contributed by atoms with van der Waals surface area (Å²) in [5.41, 5.74) is -0.897. The summed E-state index contributed by atoms with van der Waals surface area (Å²) >= 11 is 0. The van der Waals surface area contributed by atoms with Crippen LogP contribution in [0.1, 0.15) is 40.0 Å². The Labute approximate surface area is 109 Å². The first kappa shape index (κ1) is 15.0. The summed E-state index contributed by atoms with van der Waals surface area (Å²) in [4.78, 5) is 26.9. The van der Waals surface area contributed by atoms with Crippen molar-refractivity contribution in [3.8, 4) is 0 Å². The van der Waals surface area contributed by atoms with Crippen LogP contribution in [0.15, 0.2) is 0 Å². The molecule has 0 radical (unpaired) electrons. The van der Waals surface area contributed by atoms with E-state index in [9.17, 15) is 14.7 Å². The zero-order valence-electron chi connectivity index (χ0n) is 11.8. The molecule has 1 aliphatic heterocycles. The van der Waals surface area contributed by atoms with Crippen LogP contribution >= 0.6 is 0 Å². The van der Waals surface area contributed by atoms with Gasteiger partial charge in [0.1, 0.15) is 5.54 Å². The van der Waals surface area contributed by atoms with Gasteiger partial charge in [0.25, 0.3) is 0 Å². The Balaban J connectivity index is 2.74. The zero-order chi connectivity index (χ0) is 13.9. The number of carbonyl (C=O) groups excluding carboxylic acids is 1. The number of carboxylic acids is 1. The van der Waals surface area contributed by atoms with Gasteiger partial charge < -0.3 is 10.0 Å². The summed E-state index contributed by atoms with van der Waals surface area (Å²) in [6.45, 7) is 6.49. The van der Waals surface area contributed by atoms with Crippen molar-refractivity contribution in [3.63, 3.8) is 0 Å². The van der Waals surface area contributed by atoms with Gasteiger partial charge in [-0.3, -0.25) is 14.5 Å². The monoisotopic (exact) mass is 256 g/mol. The second kappa shape index (κ2) is 5.69. The summed E-state index contributed by atoms with van der Waals surface area (Å²) in [6.07, 6.45) is 2.48. The first-order chi connectivity index (χ1) is 8.29. The van der Waals surface area contributed by atoms with Crippen LogP contribution in [-0.4, -0.2) is 58.5 Å². The number of likely N-dealkylation sites (N-methyl/N-ethyl adjacent to an activating group) is 1. The van der Waals surface area contributed by atoms with E-state index < -0.39 is 11.5 Å². The molecule has 1 atom stereocenters. The van der Waals surface area contributed by atoms with Gasteiger partial charge in [0.05, 0.1) is 6.54 Å². The Morgan fingerprint density at radius 2 is 2.00 bits per heavy atom. The predicted molar refractivity (Wildman–Crippen MR) is 69.4 cm³/mol. The van der Waals surface area contributed by atoms with Crippen molar-refractivity contribution in [2.75, 3.05) is 20.1 Å². The van der Waals surface area contributed by atoms with E-state index in [1.54, 1.807) is 23.8 Å². The van der Waals surface area contributed by atoms with Gasteiger partial charge in [-0.15, -0.1) is 0 Å². The fourth-order valence-electron chi connectivity index (χ4n) is 2.24. The number of aliphatic carboxylic acids is 1. The van der Waals surface area contributed by atoms with Crippen LogP contribution in [0.2, 0.25) is 0 Å². The van der Waals surface area contributed by atoms with E-state index in [0.29, 0.717) is 13.0 Å². The minimum atomic E-state index is -0.897. The summed E-state index contributed by atoms with van der Waals surface area (Å²) in [5.74, 6) is -0.846. The third kappa shape index (κ3) is 3.02. The molecule has 1 aliphatic rings. The topological polar surface area (TPSA) is 60.9 Å². The maximum Gasteiger partial charge on any atom is 0.323 e.